The molecule has 2 heterocycles. The topological polar surface area (TPSA) is 105 Å². The van der Waals surface area contributed by atoms with E-state index < -0.39 is 17.3 Å². The van der Waals surface area contributed by atoms with Gasteiger partial charge >= 0.3 is 0 Å². The number of anilines is 3. The standard InChI is InChI=1S/C25H25FN6O2/c1-14(2)16-5-7-17(8-6-16)24(33)28-21-12-18(9-10-19(21)26)20-13-22(25(34)30-29-20)27-23-11-15(3)32(4)31-23/h5-14H,1-4H3,(H,28,33)(H,30,34)(H,27,29,31). The molecule has 0 saturated heterocycles. The Labute approximate surface area is 195 Å². The Hall–Kier alpha value is -4.27. The van der Waals surface area contributed by atoms with Crippen LogP contribution in [0.5, 0.6) is 0 Å². The van der Waals surface area contributed by atoms with E-state index in [2.05, 4.69) is 39.8 Å². The van der Waals surface area contributed by atoms with Gasteiger partial charge in [-0.3, -0.25) is 14.3 Å². The van der Waals surface area contributed by atoms with Crippen LogP contribution in [0.2, 0.25) is 0 Å². The minimum Gasteiger partial charge on any atom is -0.334 e. The first-order valence-corrected chi connectivity index (χ1v) is 10.8. The lowest BCUT2D eigenvalue weighted by molar-refractivity contribution is 0.102. The highest BCUT2D eigenvalue weighted by Gasteiger charge is 2.14. The highest BCUT2D eigenvalue weighted by Crippen LogP contribution is 2.25. The molecule has 0 aliphatic heterocycles. The first-order valence-electron chi connectivity index (χ1n) is 10.8. The molecule has 0 aliphatic carbocycles. The molecule has 34 heavy (non-hydrogen) atoms. The summed E-state index contributed by atoms with van der Waals surface area (Å²) in [4.78, 5) is 24.9. The molecule has 0 atom stereocenters. The molecule has 8 nitrogen and oxygen atoms in total. The average Bonchev–Trinajstić information content (AvgIpc) is 3.13. The van der Waals surface area contributed by atoms with Crippen LogP contribution in [0.3, 0.4) is 0 Å². The number of amides is 1. The zero-order chi connectivity index (χ0) is 24.4. The van der Waals surface area contributed by atoms with Gasteiger partial charge in [0, 0.05) is 29.9 Å². The maximum atomic E-state index is 14.5. The van der Waals surface area contributed by atoms with Crippen LogP contribution < -0.4 is 16.2 Å². The molecule has 0 aliphatic rings. The molecule has 9 heteroatoms. The lowest BCUT2D eigenvalue weighted by Gasteiger charge is -2.10. The third-order valence-corrected chi connectivity index (χ3v) is 5.53. The van der Waals surface area contributed by atoms with Crippen molar-refractivity contribution in [2.75, 3.05) is 10.6 Å². The number of hydrogen-bond acceptors (Lipinski definition) is 5. The predicted molar refractivity (Wildman–Crippen MR) is 130 cm³/mol. The Bertz CT molecular complexity index is 1390. The van der Waals surface area contributed by atoms with Gasteiger partial charge < -0.3 is 10.6 Å². The molecule has 1 amide bonds. The molecule has 0 bridgehead atoms. The first kappa shape index (κ1) is 22.9. The number of aryl methyl sites for hydroxylation is 2. The smallest absolute Gasteiger partial charge is 0.287 e. The molecule has 0 unspecified atom stereocenters. The van der Waals surface area contributed by atoms with Gasteiger partial charge in [0.1, 0.15) is 11.5 Å². The fourth-order valence-electron chi connectivity index (χ4n) is 3.40. The summed E-state index contributed by atoms with van der Waals surface area (Å²) < 4.78 is 16.2. The zero-order valence-electron chi connectivity index (χ0n) is 19.3. The Morgan fingerprint density at radius 3 is 2.44 bits per heavy atom. The molecule has 4 aromatic rings. The van der Waals surface area contributed by atoms with Crippen molar-refractivity contribution in [2.24, 2.45) is 7.05 Å². The van der Waals surface area contributed by atoms with Gasteiger partial charge in [0.2, 0.25) is 0 Å². The number of nitrogens with one attached hydrogen (secondary N) is 3. The summed E-state index contributed by atoms with van der Waals surface area (Å²) in [5, 5.41) is 16.4. The number of aromatic nitrogens is 4. The lowest BCUT2D eigenvalue weighted by atomic mass is 10.0. The van der Waals surface area contributed by atoms with E-state index in [9.17, 15) is 14.0 Å². The van der Waals surface area contributed by atoms with Crippen molar-refractivity contribution in [2.45, 2.75) is 26.7 Å². The van der Waals surface area contributed by atoms with E-state index in [1.807, 2.05) is 19.1 Å². The molecule has 3 N–H and O–H groups in total. The van der Waals surface area contributed by atoms with Gasteiger partial charge in [-0.05, 0) is 54.8 Å². The second kappa shape index (κ2) is 9.30. The molecule has 2 aromatic carbocycles. The number of carbonyl (C=O) groups excluding carboxylic acids is 1. The maximum Gasteiger partial charge on any atom is 0.287 e. The Balaban J connectivity index is 1.59. The molecule has 0 spiro atoms. The summed E-state index contributed by atoms with van der Waals surface area (Å²) in [6.07, 6.45) is 0. The molecule has 174 valence electrons. The van der Waals surface area contributed by atoms with Crippen LogP contribution in [0.1, 0.15) is 41.4 Å². The zero-order valence-corrected chi connectivity index (χ0v) is 19.3. The van der Waals surface area contributed by atoms with Crippen molar-refractivity contribution in [3.8, 4) is 11.3 Å². The van der Waals surface area contributed by atoms with Crippen molar-refractivity contribution in [1.29, 1.82) is 0 Å². The third-order valence-electron chi connectivity index (χ3n) is 5.53. The van der Waals surface area contributed by atoms with Crippen molar-refractivity contribution >= 4 is 23.1 Å². The number of carbonyl (C=O) groups is 1. The Morgan fingerprint density at radius 1 is 1.06 bits per heavy atom. The fraction of sp³-hybridized carbons (Fsp3) is 0.200. The molecule has 0 radical (unpaired) electrons. The van der Waals surface area contributed by atoms with E-state index >= 15 is 0 Å². The number of hydrogen-bond donors (Lipinski definition) is 3. The van der Waals surface area contributed by atoms with Gasteiger partial charge in [0.15, 0.2) is 5.82 Å². The molecule has 0 fully saturated rings. The third kappa shape index (κ3) is 4.88. The molecular weight excluding hydrogens is 435 g/mol. The summed E-state index contributed by atoms with van der Waals surface area (Å²) in [5.41, 5.74) is 3.20. The molecule has 2 aromatic heterocycles. The Morgan fingerprint density at radius 2 is 1.79 bits per heavy atom. The van der Waals surface area contributed by atoms with Crippen molar-refractivity contribution in [1.82, 2.24) is 20.0 Å². The van der Waals surface area contributed by atoms with Gasteiger partial charge in [-0.2, -0.15) is 10.2 Å². The predicted octanol–water partition coefficient (Wildman–Crippen LogP) is 4.74. The summed E-state index contributed by atoms with van der Waals surface area (Å²) in [6.45, 7) is 6.03. The SMILES string of the molecule is Cc1cc(Nc2cc(-c3ccc(F)c(NC(=O)c4ccc(C(C)C)cc4)c3)n[nH]c2=O)nn1C. The van der Waals surface area contributed by atoms with Crippen LogP contribution in [-0.2, 0) is 7.05 Å². The highest BCUT2D eigenvalue weighted by atomic mass is 19.1. The van der Waals surface area contributed by atoms with Gasteiger partial charge in [0.05, 0.1) is 11.4 Å². The second-order valence-corrected chi connectivity index (χ2v) is 8.34. The summed E-state index contributed by atoms with van der Waals surface area (Å²) in [6, 6.07) is 14.8. The van der Waals surface area contributed by atoms with E-state index in [4.69, 9.17) is 0 Å². The second-order valence-electron chi connectivity index (χ2n) is 8.34. The van der Waals surface area contributed by atoms with E-state index in [1.165, 1.54) is 18.2 Å². The quantitative estimate of drug-likeness (QED) is 0.386. The van der Waals surface area contributed by atoms with Crippen LogP contribution in [0.15, 0.2) is 59.4 Å². The normalized spacial score (nSPS) is 11.0. The summed E-state index contributed by atoms with van der Waals surface area (Å²) in [5.74, 6) is -0.147. The van der Waals surface area contributed by atoms with Gasteiger partial charge in [-0.25, -0.2) is 9.49 Å². The largest absolute Gasteiger partial charge is 0.334 e. The highest BCUT2D eigenvalue weighted by molar-refractivity contribution is 6.04. The lowest BCUT2D eigenvalue weighted by Crippen LogP contribution is -2.14. The maximum absolute atomic E-state index is 14.5. The van der Waals surface area contributed by atoms with E-state index in [0.717, 1.165) is 11.3 Å². The van der Waals surface area contributed by atoms with Crippen LogP contribution in [0.25, 0.3) is 11.3 Å². The first-order chi connectivity index (χ1) is 16.2. The van der Waals surface area contributed by atoms with Crippen LogP contribution in [-0.4, -0.2) is 25.9 Å². The number of halogens is 1. The number of nitrogens with zero attached hydrogens (tertiary/aromatic N) is 3. The van der Waals surface area contributed by atoms with Crippen LogP contribution >= 0.6 is 0 Å². The Kier molecular flexibility index (Phi) is 6.27. The summed E-state index contributed by atoms with van der Waals surface area (Å²) >= 11 is 0. The fourth-order valence-corrected chi connectivity index (χ4v) is 3.40. The van der Waals surface area contributed by atoms with E-state index in [1.54, 1.807) is 36.0 Å². The minimum absolute atomic E-state index is 0.0123. The number of aromatic amines is 1. The molecule has 4 rings (SSSR count). The van der Waals surface area contributed by atoms with Crippen molar-refractivity contribution in [3.63, 3.8) is 0 Å². The van der Waals surface area contributed by atoms with Gasteiger partial charge in [0.25, 0.3) is 11.5 Å². The molecule has 0 saturated carbocycles. The monoisotopic (exact) mass is 460 g/mol. The van der Waals surface area contributed by atoms with E-state index in [0.29, 0.717) is 28.6 Å². The van der Waals surface area contributed by atoms with Gasteiger partial charge in [-0.1, -0.05) is 26.0 Å². The number of benzene rings is 2. The minimum atomic E-state index is -0.581. The van der Waals surface area contributed by atoms with Gasteiger partial charge in [-0.15, -0.1) is 0 Å². The average molecular weight is 461 g/mol. The summed E-state index contributed by atoms with van der Waals surface area (Å²) in [7, 11) is 1.80. The van der Waals surface area contributed by atoms with Crippen molar-refractivity contribution in [3.05, 3.63) is 87.6 Å². The number of rotatable bonds is 6. The van der Waals surface area contributed by atoms with Crippen molar-refractivity contribution < 1.29 is 9.18 Å². The van der Waals surface area contributed by atoms with E-state index in [-0.39, 0.29) is 11.4 Å². The number of H-pyrrole nitrogens is 1. The van der Waals surface area contributed by atoms with Crippen LogP contribution in [0.4, 0.5) is 21.6 Å². The molecular formula is C25H25FN6O2. The van der Waals surface area contributed by atoms with Crippen LogP contribution in [0, 0.1) is 12.7 Å².